The van der Waals surface area contributed by atoms with Crippen LogP contribution in [0.3, 0.4) is 0 Å². The molecule has 2 aromatic carbocycles. The monoisotopic (exact) mass is 305 g/mol. The molecule has 0 unspecified atom stereocenters. The second kappa shape index (κ2) is 6.99. The number of esters is 1. The van der Waals surface area contributed by atoms with Crippen LogP contribution in [0, 0.1) is 0 Å². The number of anilines is 1. The normalized spacial score (nSPS) is 10.2. The first-order valence-corrected chi connectivity index (χ1v) is 6.79. The molecule has 0 spiro atoms. The minimum absolute atomic E-state index is 0.214. The zero-order valence-corrected chi connectivity index (χ0v) is 12.4. The van der Waals surface area contributed by atoms with E-state index in [4.69, 9.17) is 22.1 Å². The zero-order valence-electron chi connectivity index (χ0n) is 11.6. The minimum atomic E-state index is -0.284. The Hall–Kier alpha value is -2.20. The molecule has 0 aliphatic heterocycles. The van der Waals surface area contributed by atoms with Crippen molar-refractivity contribution >= 4 is 23.3 Å². The average molecular weight is 306 g/mol. The standard InChI is InChI=1S/C16H16ClNO3/c1-20-16(19)8-11-4-2-3-5-12(11)10-21-15-7-6-13(18)9-14(15)17/h2-7,9H,8,10,18H2,1H3. The van der Waals surface area contributed by atoms with Crippen LogP contribution in [-0.4, -0.2) is 13.1 Å². The van der Waals surface area contributed by atoms with E-state index in [-0.39, 0.29) is 12.4 Å². The summed E-state index contributed by atoms with van der Waals surface area (Å²) in [5.41, 5.74) is 8.00. The van der Waals surface area contributed by atoms with Crippen LogP contribution in [0.2, 0.25) is 5.02 Å². The number of hydrogen-bond acceptors (Lipinski definition) is 4. The number of carbonyl (C=O) groups is 1. The lowest BCUT2D eigenvalue weighted by Gasteiger charge is -2.11. The Kier molecular flexibility index (Phi) is 5.06. The molecule has 5 heteroatoms. The van der Waals surface area contributed by atoms with Gasteiger partial charge in [0.15, 0.2) is 0 Å². The minimum Gasteiger partial charge on any atom is -0.487 e. The van der Waals surface area contributed by atoms with Crippen LogP contribution in [0.25, 0.3) is 0 Å². The van der Waals surface area contributed by atoms with E-state index in [2.05, 4.69) is 4.74 Å². The van der Waals surface area contributed by atoms with Gasteiger partial charge in [0.2, 0.25) is 0 Å². The van der Waals surface area contributed by atoms with Crippen LogP contribution in [0.15, 0.2) is 42.5 Å². The number of carbonyl (C=O) groups excluding carboxylic acids is 1. The Balaban J connectivity index is 2.11. The predicted octanol–water partition coefficient (Wildman–Crippen LogP) is 3.22. The van der Waals surface area contributed by atoms with Crippen molar-refractivity contribution in [3.8, 4) is 5.75 Å². The highest BCUT2D eigenvalue weighted by atomic mass is 35.5. The van der Waals surface area contributed by atoms with Crippen molar-refractivity contribution in [2.75, 3.05) is 12.8 Å². The molecule has 0 aromatic heterocycles. The van der Waals surface area contributed by atoms with Crippen LogP contribution >= 0.6 is 11.6 Å². The van der Waals surface area contributed by atoms with Gasteiger partial charge in [-0.3, -0.25) is 4.79 Å². The number of methoxy groups -OCH3 is 1. The van der Waals surface area contributed by atoms with Gasteiger partial charge in [0.1, 0.15) is 12.4 Å². The molecule has 2 aromatic rings. The summed E-state index contributed by atoms with van der Waals surface area (Å²) in [6.07, 6.45) is 0.214. The SMILES string of the molecule is COC(=O)Cc1ccccc1COc1ccc(N)cc1Cl. The number of ether oxygens (including phenoxy) is 2. The maximum atomic E-state index is 11.4. The molecular formula is C16H16ClNO3. The fourth-order valence-corrected chi connectivity index (χ4v) is 2.13. The van der Waals surface area contributed by atoms with Gasteiger partial charge in [0, 0.05) is 5.69 Å². The van der Waals surface area contributed by atoms with Crippen LogP contribution in [0.1, 0.15) is 11.1 Å². The Morgan fingerprint density at radius 1 is 1.19 bits per heavy atom. The summed E-state index contributed by atoms with van der Waals surface area (Å²) in [7, 11) is 1.37. The third kappa shape index (κ3) is 4.13. The van der Waals surface area contributed by atoms with Gasteiger partial charge in [0.25, 0.3) is 0 Å². The van der Waals surface area contributed by atoms with Crippen molar-refractivity contribution in [3.05, 3.63) is 58.6 Å². The summed E-state index contributed by atoms with van der Waals surface area (Å²) in [6, 6.07) is 12.6. The Morgan fingerprint density at radius 3 is 2.57 bits per heavy atom. The lowest BCUT2D eigenvalue weighted by atomic mass is 10.1. The summed E-state index contributed by atoms with van der Waals surface area (Å²) in [4.78, 5) is 11.4. The maximum Gasteiger partial charge on any atom is 0.309 e. The Bertz CT molecular complexity index is 643. The fraction of sp³-hybridized carbons (Fsp3) is 0.188. The molecule has 0 saturated heterocycles. The van der Waals surface area contributed by atoms with E-state index in [1.54, 1.807) is 18.2 Å². The van der Waals surface area contributed by atoms with Gasteiger partial charge in [-0.2, -0.15) is 0 Å². The first-order chi connectivity index (χ1) is 10.1. The van der Waals surface area contributed by atoms with E-state index in [0.29, 0.717) is 23.1 Å². The van der Waals surface area contributed by atoms with E-state index in [0.717, 1.165) is 11.1 Å². The highest BCUT2D eigenvalue weighted by Gasteiger charge is 2.09. The Labute approximate surface area is 128 Å². The third-order valence-corrected chi connectivity index (χ3v) is 3.32. The second-order valence-electron chi connectivity index (χ2n) is 4.50. The van der Waals surface area contributed by atoms with Gasteiger partial charge in [-0.25, -0.2) is 0 Å². The fourth-order valence-electron chi connectivity index (χ4n) is 1.89. The topological polar surface area (TPSA) is 61.5 Å². The van der Waals surface area contributed by atoms with Crippen LogP contribution in [0.5, 0.6) is 5.75 Å². The number of rotatable bonds is 5. The van der Waals surface area contributed by atoms with E-state index < -0.39 is 0 Å². The molecule has 110 valence electrons. The number of benzene rings is 2. The highest BCUT2D eigenvalue weighted by Crippen LogP contribution is 2.27. The number of nitrogens with two attached hydrogens (primary N) is 1. The number of halogens is 1. The molecule has 0 fully saturated rings. The molecule has 0 aliphatic rings. The molecule has 2 rings (SSSR count). The van der Waals surface area contributed by atoms with Crippen molar-refractivity contribution in [2.45, 2.75) is 13.0 Å². The van der Waals surface area contributed by atoms with Crippen molar-refractivity contribution < 1.29 is 14.3 Å². The lowest BCUT2D eigenvalue weighted by Crippen LogP contribution is -2.08. The van der Waals surface area contributed by atoms with Gasteiger partial charge in [-0.05, 0) is 29.3 Å². The van der Waals surface area contributed by atoms with E-state index in [1.807, 2.05) is 24.3 Å². The Morgan fingerprint density at radius 2 is 1.90 bits per heavy atom. The number of nitrogen functional groups attached to an aromatic ring is 1. The van der Waals surface area contributed by atoms with Gasteiger partial charge in [-0.15, -0.1) is 0 Å². The quantitative estimate of drug-likeness (QED) is 0.680. The van der Waals surface area contributed by atoms with Gasteiger partial charge < -0.3 is 15.2 Å². The van der Waals surface area contributed by atoms with Gasteiger partial charge in [0.05, 0.1) is 18.6 Å². The first kappa shape index (κ1) is 15.2. The first-order valence-electron chi connectivity index (χ1n) is 6.41. The summed E-state index contributed by atoms with van der Waals surface area (Å²) >= 11 is 6.06. The van der Waals surface area contributed by atoms with Crippen LogP contribution in [-0.2, 0) is 22.6 Å². The van der Waals surface area contributed by atoms with Gasteiger partial charge >= 0.3 is 5.97 Å². The molecule has 0 radical (unpaired) electrons. The van der Waals surface area contributed by atoms with Crippen molar-refractivity contribution in [3.63, 3.8) is 0 Å². The molecule has 0 saturated carbocycles. The van der Waals surface area contributed by atoms with Crippen LogP contribution < -0.4 is 10.5 Å². The smallest absolute Gasteiger partial charge is 0.309 e. The summed E-state index contributed by atoms with van der Waals surface area (Å²) < 4.78 is 10.4. The summed E-state index contributed by atoms with van der Waals surface area (Å²) in [5, 5.41) is 0.459. The van der Waals surface area contributed by atoms with Crippen molar-refractivity contribution in [1.82, 2.24) is 0 Å². The molecule has 0 atom stereocenters. The summed E-state index contributed by atoms with van der Waals surface area (Å²) in [5.74, 6) is 0.270. The van der Waals surface area contributed by atoms with Crippen LogP contribution in [0.4, 0.5) is 5.69 Å². The molecule has 0 amide bonds. The average Bonchev–Trinajstić information content (AvgIpc) is 2.47. The molecular weight excluding hydrogens is 290 g/mol. The molecule has 0 bridgehead atoms. The van der Waals surface area contributed by atoms with E-state index >= 15 is 0 Å². The van der Waals surface area contributed by atoms with Crippen molar-refractivity contribution in [2.24, 2.45) is 0 Å². The predicted molar refractivity (Wildman–Crippen MR) is 82.4 cm³/mol. The number of hydrogen-bond donors (Lipinski definition) is 1. The summed E-state index contributed by atoms with van der Waals surface area (Å²) in [6.45, 7) is 0.316. The van der Waals surface area contributed by atoms with Crippen molar-refractivity contribution in [1.29, 1.82) is 0 Å². The lowest BCUT2D eigenvalue weighted by molar-refractivity contribution is -0.139. The van der Waals surface area contributed by atoms with E-state index in [1.165, 1.54) is 7.11 Å². The largest absolute Gasteiger partial charge is 0.487 e. The van der Waals surface area contributed by atoms with Gasteiger partial charge in [-0.1, -0.05) is 35.9 Å². The molecule has 2 N–H and O–H groups in total. The molecule has 0 aliphatic carbocycles. The maximum absolute atomic E-state index is 11.4. The molecule has 21 heavy (non-hydrogen) atoms. The molecule has 4 nitrogen and oxygen atoms in total. The highest BCUT2D eigenvalue weighted by molar-refractivity contribution is 6.32. The van der Waals surface area contributed by atoms with E-state index in [9.17, 15) is 4.79 Å². The zero-order chi connectivity index (χ0) is 15.2. The second-order valence-corrected chi connectivity index (χ2v) is 4.91. The third-order valence-electron chi connectivity index (χ3n) is 3.02. The molecule has 0 heterocycles.